The van der Waals surface area contributed by atoms with Crippen LogP contribution in [0.2, 0.25) is 0 Å². The smallest absolute Gasteiger partial charge is 0.358 e. The second-order valence-electron chi connectivity index (χ2n) is 10.7. The van der Waals surface area contributed by atoms with E-state index in [1.165, 1.54) is 0 Å². The lowest BCUT2D eigenvalue weighted by Gasteiger charge is -2.43. The maximum absolute atomic E-state index is 13.5. The molecule has 4 rings (SSSR count). The van der Waals surface area contributed by atoms with Crippen molar-refractivity contribution in [3.63, 3.8) is 0 Å². The molecule has 5 nitrogen and oxygen atoms in total. The molecule has 0 bridgehead atoms. The van der Waals surface area contributed by atoms with Crippen LogP contribution in [0.3, 0.4) is 0 Å². The zero-order valence-corrected chi connectivity index (χ0v) is 22.1. The molecular weight excluding hydrogens is 536 g/mol. The van der Waals surface area contributed by atoms with Gasteiger partial charge >= 0.3 is 18.8 Å². The molecule has 2 aromatic rings. The lowest BCUT2D eigenvalue weighted by atomic mass is 9.85. The highest BCUT2D eigenvalue weighted by Gasteiger charge is 2.46. The quantitative estimate of drug-likeness (QED) is 0.199. The topological polar surface area (TPSA) is 41.9 Å². The zero-order chi connectivity index (χ0) is 29.0. The number of aliphatic imine (C=N–C) groups is 1. The number of likely N-dealkylation sites (tertiary alicyclic amines) is 1. The predicted molar refractivity (Wildman–Crippen MR) is 138 cm³/mol. The van der Waals surface area contributed by atoms with Crippen LogP contribution in [0.4, 0.5) is 26.3 Å². The Morgan fingerprint density at radius 3 is 2.17 bits per heavy atom. The molecule has 1 saturated heterocycles. The molecule has 2 heterocycles. The minimum absolute atomic E-state index is 0.0795. The second-order valence-corrected chi connectivity index (χ2v) is 10.7. The first-order valence-electron chi connectivity index (χ1n) is 13.1. The van der Waals surface area contributed by atoms with E-state index in [9.17, 15) is 31.1 Å². The third-order valence-corrected chi connectivity index (χ3v) is 7.24. The second kappa shape index (κ2) is 11.8. The maximum Gasteiger partial charge on any atom is 0.416 e. The van der Waals surface area contributed by atoms with Crippen LogP contribution >= 0.6 is 0 Å². The van der Waals surface area contributed by atoms with E-state index in [4.69, 9.17) is 4.74 Å². The zero-order valence-electron chi connectivity index (χ0n) is 22.1. The Hall–Kier alpha value is -3.02. The fourth-order valence-electron chi connectivity index (χ4n) is 5.42. The number of hydrogen-bond acceptors (Lipinski definition) is 4. The molecule has 1 fully saturated rings. The summed E-state index contributed by atoms with van der Waals surface area (Å²) < 4.78 is 87.2. The number of halogens is 6. The number of carbonyl (C=O) groups excluding carboxylic acids is 1. The summed E-state index contributed by atoms with van der Waals surface area (Å²) in [4.78, 5) is 19.3. The van der Waals surface area contributed by atoms with Gasteiger partial charge in [0, 0.05) is 25.7 Å². The van der Waals surface area contributed by atoms with Gasteiger partial charge in [-0.3, -0.25) is 14.4 Å². The SMILES string of the molecule is C[N+](C=O)(CN1CCCCC1)C[C@@]1(OCc2cc(C(F)(F)F)cc(C(F)(F)F)c2)CC=CN=C1c1ccccc1. The molecule has 2 aliphatic heterocycles. The van der Waals surface area contributed by atoms with Crippen molar-refractivity contribution in [1.29, 1.82) is 0 Å². The predicted octanol–water partition coefficient (Wildman–Crippen LogP) is 6.43. The molecule has 0 N–H and O–H groups in total. The number of amides is 1. The van der Waals surface area contributed by atoms with Crippen molar-refractivity contribution in [2.75, 3.05) is 33.4 Å². The molecule has 2 atom stereocenters. The van der Waals surface area contributed by atoms with E-state index in [-0.39, 0.29) is 29.1 Å². The van der Waals surface area contributed by atoms with E-state index >= 15 is 0 Å². The number of nitrogens with zero attached hydrogens (tertiary/aromatic N) is 3. The number of likely N-dealkylation sites (N-methyl/N-ethyl adjacent to an activating group) is 1. The van der Waals surface area contributed by atoms with Gasteiger partial charge in [0.1, 0.15) is 13.2 Å². The van der Waals surface area contributed by atoms with Crippen LogP contribution < -0.4 is 0 Å². The molecule has 0 aliphatic carbocycles. The monoisotopic (exact) mass is 568 g/mol. The normalized spacial score (nSPS) is 22.0. The number of alkyl halides is 6. The van der Waals surface area contributed by atoms with Crippen LogP contribution in [0.15, 0.2) is 65.8 Å². The van der Waals surface area contributed by atoms with Gasteiger partial charge in [0.25, 0.3) is 0 Å². The summed E-state index contributed by atoms with van der Waals surface area (Å²) in [6, 6.07) is 10.4. The van der Waals surface area contributed by atoms with Crippen LogP contribution in [-0.2, 0) is 28.5 Å². The van der Waals surface area contributed by atoms with E-state index in [0.717, 1.165) is 38.8 Å². The van der Waals surface area contributed by atoms with Crippen LogP contribution in [-0.4, -0.2) is 60.5 Å². The van der Waals surface area contributed by atoms with E-state index in [1.54, 1.807) is 43.6 Å². The highest BCUT2D eigenvalue weighted by molar-refractivity contribution is 6.07. The van der Waals surface area contributed by atoms with Gasteiger partial charge in [-0.05, 0) is 42.2 Å². The van der Waals surface area contributed by atoms with Gasteiger partial charge in [0.15, 0.2) is 5.60 Å². The molecule has 2 aliphatic rings. The highest BCUT2D eigenvalue weighted by atomic mass is 19.4. The van der Waals surface area contributed by atoms with Gasteiger partial charge in [-0.2, -0.15) is 26.3 Å². The lowest BCUT2D eigenvalue weighted by Crippen LogP contribution is -2.61. The Morgan fingerprint density at radius 2 is 1.60 bits per heavy atom. The number of ether oxygens (including phenoxy) is 1. The average Bonchev–Trinajstić information content (AvgIpc) is 2.92. The van der Waals surface area contributed by atoms with Gasteiger partial charge < -0.3 is 4.74 Å². The first-order valence-corrected chi connectivity index (χ1v) is 13.1. The molecule has 216 valence electrons. The van der Waals surface area contributed by atoms with Gasteiger partial charge in [0.2, 0.25) is 0 Å². The van der Waals surface area contributed by atoms with E-state index < -0.39 is 35.7 Å². The van der Waals surface area contributed by atoms with E-state index in [1.807, 2.05) is 6.07 Å². The largest absolute Gasteiger partial charge is 0.416 e. The van der Waals surface area contributed by atoms with Crippen molar-refractivity contribution >= 4 is 12.1 Å². The summed E-state index contributed by atoms with van der Waals surface area (Å²) in [6.45, 7) is 1.59. The number of rotatable bonds is 9. The molecule has 2 aromatic carbocycles. The summed E-state index contributed by atoms with van der Waals surface area (Å²) in [5.74, 6) is 0. The number of quaternary nitrogens is 1. The fraction of sp³-hybridized carbons (Fsp3) is 0.448. The van der Waals surface area contributed by atoms with Crippen LogP contribution in [0, 0.1) is 0 Å². The first kappa shape index (κ1) is 30.0. The standard InChI is InChI=1S/C29H32F6N3O2/c1-38(21-39,20-37-13-6-3-7-14-37)19-27(11-8-12-36-26(27)23-9-4-2-5-10-23)40-18-22-15-24(28(30,31)32)17-25(16-22)29(33,34)35/h2,4-5,8-10,12,15-17,21H,3,6-7,11,13-14,18-20H2,1H3/q+1/t27-,38?/m0/s1. The third kappa shape index (κ3) is 7.18. The van der Waals surface area contributed by atoms with Gasteiger partial charge in [0.05, 0.1) is 30.5 Å². The molecule has 1 amide bonds. The highest BCUT2D eigenvalue weighted by Crippen LogP contribution is 2.37. The Kier molecular flexibility index (Phi) is 8.86. The van der Waals surface area contributed by atoms with Crippen molar-refractivity contribution in [2.45, 2.75) is 50.2 Å². The Morgan fingerprint density at radius 1 is 0.975 bits per heavy atom. The van der Waals surface area contributed by atoms with E-state index in [2.05, 4.69) is 9.89 Å². The molecule has 0 aromatic heterocycles. The average molecular weight is 569 g/mol. The van der Waals surface area contributed by atoms with Crippen molar-refractivity contribution in [3.05, 3.63) is 83.1 Å². The molecule has 11 heteroatoms. The van der Waals surface area contributed by atoms with Crippen molar-refractivity contribution in [3.8, 4) is 0 Å². The minimum Gasteiger partial charge on any atom is -0.358 e. The number of benzene rings is 2. The molecule has 0 spiro atoms. The van der Waals surface area contributed by atoms with Gasteiger partial charge in [-0.1, -0.05) is 42.8 Å². The Bertz CT molecular complexity index is 1210. The molecule has 1 unspecified atom stereocenters. The fourth-order valence-corrected chi connectivity index (χ4v) is 5.42. The lowest BCUT2D eigenvalue weighted by molar-refractivity contribution is -0.842. The number of hydrogen-bond donors (Lipinski definition) is 0. The maximum atomic E-state index is 13.5. The van der Waals surface area contributed by atoms with Gasteiger partial charge in [-0.25, -0.2) is 4.79 Å². The molecule has 40 heavy (non-hydrogen) atoms. The molecule has 0 saturated carbocycles. The Labute approximate surface area is 229 Å². The van der Waals surface area contributed by atoms with Crippen LogP contribution in [0.5, 0.6) is 0 Å². The molecular formula is C29H32F6N3O2+. The van der Waals surface area contributed by atoms with E-state index in [0.29, 0.717) is 30.1 Å². The summed E-state index contributed by atoms with van der Waals surface area (Å²) in [6.07, 6.45) is -2.45. The third-order valence-electron chi connectivity index (χ3n) is 7.24. The Balaban J connectivity index is 1.72. The summed E-state index contributed by atoms with van der Waals surface area (Å²) >= 11 is 0. The first-order chi connectivity index (χ1) is 18.8. The molecule has 0 radical (unpaired) electrons. The summed E-state index contributed by atoms with van der Waals surface area (Å²) in [5, 5.41) is 0. The van der Waals surface area contributed by atoms with Gasteiger partial charge in [-0.15, -0.1) is 0 Å². The van der Waals surface area contributed by atoms with Crippen molar-refractivity contribution in [2.24, 2.45) is 4.99 Å². The minimum atomic E-state index is -4.97. The van der Waals surface area contributed by atoms with Crippen molar-refractivity contribution < 1.29 is 40.4 Å². The number of carbonyl (C=O) groups is 1. The summed E-state index contributed by atoms with van der Waals surface area (Å²) in [5.41, 5.74) is -3.25. The van der Waals surface area contributed by atoms with Crippen molar-refractivity contribution in [1.82, 2.24) is 4.90 Å². The van der Waals surface area contributed by atoms with Crippen LogP contribution in [0.25, 0.3) is 0 Å². The van der Waals surface area contributed by atoms with Crippen LogP contribution in [0.1, 0.15) is 47.9 Å². The summed E-state index contributed by atoms with van der Waals surface area (Å²) in [7, 11) is 1.75. The number of piperidine rings is 1.